The van der Waals surface area contributed by atoms with Gasteiger partial charge in [0.25, 0.3) is 5.91 Å². The first kappa shape index (κ1) is 15.5. The number of likely N-dealkylation sites (tertiary alicyclic amines) is 1. The Bertz CT molecular complexity index is 748. The molecular weight excluding hydrogens is 302 g/mol. The molecule has 2 aromatic rings. The van der Waals surface area contributed by atoms with Crippen LogP contribution < -0.4 is 0 Å². The van der Waals surface area contributed by atoms with Crippen LogP contribution in [0.3, 0.4) is 0 Å². The van der Waals surface area contributed by atoms with E-state index in [-0.39, 0.29) is 12.0 Å². The van der Waals surface area contributed by atoms with Crippen LogP contribution in [0.4, 0.5) is 0 Å². The Morgan fingerprint density at radius 2 is 2.17 bits per heavy atom. The predicted octanol–water partition coefficient (Wildman–Crippen LogP) is 2.03. The van der Waals surface area contributed by atoms with Crippen molar-refractivity contribution in [3.63, 3.8) is 0 Å². The van der Waals surface area contributed by atoms with E-state index in [1.807, 2.05) is 35.2 Å². The maximum Gasteiger partial charge on any atom is 0.253 e. The lowest BCUT2D eigenvalue weighted by Gasteiger charge is -2.37. The summed E-state index contributed by atoms with van der Waals surface area (Å²) >= 11 is 0. The second-order valence-electron chi connectivity index (χ2n) is 6.88. The normalized spacial score (nSPS) is 25.3. The highest BCUT2D eigenvalue weighted by molar-refractivity contribution is 5.98. The van der Waals surface area contributed by atoms with Crippen molar-refractivity contribution < 1.29 is 9.53 Å². The van der Waals surface area contributed by atoms with E-state index < -0.39 is 0 Å². The Morgan fingerprint density at radius 3 is 3.08 bits per heavy atom. The van der Waals surface area contributed by atoms with Gasteiger partial charge in [0, 0.05) is 49.2 Å². The summed E-state index contributed by atoms with van der Waals surface area (Å²) in [5, 5.41) is 1.01. The number of ether oxygens (including phenoxy) is 1. The van der Waals surface area contributed by atoms with Gasteiger partial charge in [0.05, 0.1) is 18.2 Å². The second kappa shape index (κ2) is 6.49. The highest BCUT2D eigenvalue weighted by atomic mass is 16.5. The van der Waals surface area contributed by atoms with Crippen molar-refractivity contribution in [2.45, 2.75) is 12.5 Å². The lowest BCUT2D eigenvalue weighted by molar-refractivity contribution is -0.0170. The average Bonchev–Trinajstić information content (AvgIpc) is 2.80. The molecule has 126 valence electrons. The SMILES string of the molecule is CN1CCO[C@@H]2CN(C(=O)c3ccc4ncccc4c3)CC[C@@H]2C1. The molecule has 0 bridgehead atoms. The molecule has 2 saturated heterocycles. The van der Waals surface area contributed by atoms with Gasteiger partial charge in [-0.3, -0.25) is 9.78 Å². The number of hydrogen-bond acceptors (Lipinski definition) is 4. The number of aromatic nitrogens is 1. The minimum absolute atomic E-state index is 0.0976. The van der Waals surface area contributed by atoms with Gasteiger partial charge < -0.3 is 14.5 Å². The fraction of sp³-hybridized carbons (Fsp3) is 0.474. The average molecular weight is 325 g/mol. The number of amides is 1. The number of likely N-dealkylation sites (N-methyl/N-ethyl adjacent to an activating group) is 1. The molecule has 0 saturated carbocycles. The first-order chi connectivity index (χ1) is 11.7. The van der Waals surface area contributed by atoms with Gasteiger partial charge in [-0.05, 0) is 37.7 Å². The molecule has 1 amide bonds. The number of carbonyl (C=O) groups is 1. The van der Waals surface area contributed by atoms with E-state index >= 15 is 0 Å². The van der Waals surface area contributed by atoms with E-state index in [2.05, 4.69) is 16.9 Å². The van der Waals surface area contributed by atoms with E-state index in [4.69, 9.17) is 4.74 Å². The van der Waals surface area contributed by atoms with Gasteiger partial charge in [-0.2, -0.15) is 0 Å². The molecule has 4 rings (SSSR count). The molecule has 5 nitrogen and oxygen atoms in total. The molecule has 2 atom stereocenters. The van der Waals surface area contributed by atoms with Crippen molar-refractivity contribution in [2.24, 2.45) is 5.92 Å². The standard InChI is InChI=1S/C19H23N3O2/c1-21-9-10-24-18-13-22(8-6-16(18)12-21)19(23)15-4-5-17-14(11-15)3-2-7-20-17/h2-5,7,11,16,18H,6,8-10,12-13H2,1H3/t16-,18-/m1/s1. The van der Waals surface area contributed by atoms with Gasteiger partial charge in [0.1, 0.15) is 0 Å². The number of piperidine rings is 1. The summed E-state index contributed by atoms with van der Waals surface area (Å²) in [7, 11) is 2.15. The Hall–Kier alpha value is -1.98. The predicted molar refractivity (Wildman–Crippen MR) is 93.0 cm³/mol. The summed E-state index contributed by atoms with van der Waals surface area (Å²) in [5.41, 5.74) is 1.66. The van der Waals surface area contributed by atoms with Crippen molar-refractivity contribution in [1.29, 1.82) is 0 Å². The Morgan fingerprint density at radius 1 is 1.25 bits per heavy atom. The molecule has 2 fully saturated rings. The monoisotopic (exact) mass is 325 g/mol. The van der Waals surface area contributed by atoms with Gasteiger partial charge in [-0.1, -0.05) is 6.07 Å². The van der Waals surface area contributed by atoms with E-state index in [1.165, 1.54) is 0 Å². The van der Waals surface area contributed by atoms with Crippen molar-refractivity contribution in [1.82, 2.24) is 14.8 Å². The van der Waals surface area contributed by atoms with Gasteiger partial charge in [0.15, 0.2) is 0 Å². The Labute approximate surface area is 142 Å². The van der Waals surface area contributed by atoms with Gasteiger partial charge in [-0.25, -0.2) is 0 Å². The highest BCUT2D eigenvalue weighted by Crippen LogP contribution is 2.25. The summed E-state index contributed by atoms with van der Waals surface area (Å²) in [6.07, 6.45) is 2.94. The summed E-state index contributed by atoms with van der Waals surface area (Å²) in [6.45, 7) is 4.29. The van der Waals surface area contributed by atoms with Crippen LogP contribution in [0.5, 0.6) is 0 Å². The quantitative estimate of drug-likeness (QED) is 0.805. The molecule has 2 aliphatic rings. The van der Waals surface area contributed by atoms with Gasteiger partial charge >= 0.3 is 0 Å². The highest BCUT2D eigenvalue weighted by Gasteiger charge is 2.34. The van der Waals surface area contributed by atoms with E-state index in [0.717, 1.165) is 49.1 Å². The topological polar surface area (TPSA) is 45.7 Å². The molecule has 1 aromatic heterocycles. The van der Waals surface area contributed by atoms with Crippen LogP contribution in [0, 0.1) is 5.92 Å². The van der Waals surface area contributed by atoms with Crippen molar-refractivity contribution >= 4 is 16.8 Å². The fourth-order valence-electron chi connectivity index (χ4n) is 3.79. The third-order valence-corrected chi connectivity index (χ3v) is 5.18. The Balaban J connectivity index is 1.51. The molecular formula is C19H23N3O2. The van der Waals surface area contributed by atoms with Crippen LogP contribution >= 0.6 is 0 Å². The molecule has 0 radical (unpaired) electrons. The smallest absolute Gasteiger partial charge is 0.253 e. The first-order valence-corrected chi connectivity index (χ1v) is 8.65. The molecule has 0 spiro atoms. The zero-order valence-electron chi connectivity index (χ0n) is 14.0. The molecule has 1 aromatic carbocycles. The zero-order valence-corrected chi connectivity index (χ0v) is 14.0. The zero-order chi connectivity index (χ0) is 16.5. The largest absolute Gasteiger partial charge is 0.375 e. The van der Waals surface area contributed by atoms with Crippen LogP contribution in [0.15, 0.2) is 36.5 Å². The van der Waals surface area contributed by atoms with Crippen LogP contribution in [0.1, 0.15) is 16.8 Å². The lowest BCUT2D eigenvalue weighted by Crippen LogP contribution is -2.48. The van der Waals surface area contributed by atoms with Gasteiger partial charge in [-0.15, -0.1) is 0 Å². The first-order valence-electron chi connectivity index (χ1n) is 8.65. The van der Waals surface area contributed by atoms with Crippen LogP contribution in [0.25, 0.3) is 10.9 Å². The molecule has 24 heavy (non-hydrogen) atoms. The number of carbonyl (C=O) groups excluding carboxylic acids is 1. The summed E-state index contributed by atoms with van der Waals surface area (Å²) in [4.78, 5) is 21.5. The van der Waals surface area contributed by atoms with Crippen LogP contribution in [-0.4, -0.2) is 66.6 Å². The number of hydrogen-bond donors (Lipinski definition) is 0. The van der Waals surface area contributed by atoms with Crippen molar-refractivity contribution in [3.8, 4) is 0 Å². The summed E-state index contributed by atoms with van der Waals surface area (Å²) in [5.74, 6) is 0.628. The number of rotatable bonds is 1. The third kappa shape index (κ3) is 3.01. The molecule has 0 N–H and O–H groups in total. The number of nitrogens with zero attached hydrogens (tertiary/aromatic N) is 3. The van der Waals surface area contributed by atoms with Gasteiger partial charge in [0.2, 0.25) is 0 Å². The molecule has 0 aliphatic carbocycles. The fourth-order valence-corrected chi connectivity index (χ4v) is 3.79. The second-order valence-corrected chi connectivity index (χ2v) is 6.88. The molecule has 5 heteroatoms. The number of fused-ring (bicyclic) bond motifs is 2. The minimum Gasteiger partial charge on any atom is -0.375 e. The molecule has 0 unspecified atom stereocenters. The Kier molecular flexibility index (Phi) is 4.21. The molecule has 3 heterocycles. The van der Waals surface area contributed by atoms with Crippen LogP contribution in [0.2, 0.25) is 0 Å². The van der Waals surface area contributed by atoms with E-state index in [1.54, 1.807) is 6.20 Å². The summed E-state index contributed by atoms with van der Waals surface area (Å²) in [6, 6.07) is 9.64. The summed E-state index contributed by atoms with van der Waals surface area (Å²) < 4.78 is 6.02. The van der Waals surface area contributed by atoms with Crippen molar-refractivity contribution in [2.75, 3.05) is 39.8 Å². The van der Waals surface area contributed by atoms with Crippen LogP contribution in [-0.2, 0) is 4.74 Å². The maximum absolute atomic E-state index is 12.9. The lowest BCUT2D eigenvalue weighted by atomic mass is 9.93. The van der Waals surface area contributed by atoms with E-state index in [9.17, 15) is 4.79 Å². The minimum atomic E-state index is 0.0976. The maximum atomic E-state index is 12.9. The van der Waals surface area contributed by atoms with E-state index in [0.29, 0.717) is 12.5 Å². The van der Waals surface area contributed by atoms with Crippen molar-refractivity contribution in [3.05, 3.63) is 42.1 Å². The number of pyridine rings is 1. The third-order valence-electron chi connectivity index (χ3n) is 5.18. The molecule has 2 aliphatic heterocycles. The number of benzene rings is 1.